The average Bonchev–Trinajstić information content (AvgIpc) is 2.83. The first-order chi connectivity index (χ1) is 5.20. The Kier molecular flexibility index (Phi) is 4.80. The van der Waals surface area contributed by atoms with Crippen molar-refractivity contribution >= 4 is 0 Å². The molecule has 2 unspecified atom stereocenters. The van der Waals surface area contributed by atoms with Gasteiger partial charge in [0.25, 0.3) is 0 Å². The van der Waals surface area contributed by atoms with Crippen molar-refractivity contribution in [3.63, 3.8) is 0 Å². The molecule has 0 aliphatic carbocycles. The summed E-state index contributed by atoms with van der Waals surface area (Å²) >= 11 is 0. The molecule has 0 saturated carbocycles. The zero-order valence-electron chi connectivity index (χ0n) is 7.72. The van der Waals surface area contributed by atoms with Gasteiger partial charge in [-0.1, -0.05) is 21.3 Å². The second kappa shape index (κ2) is 4.83. The fraction of sp³-hybridized carbons (Fsp3) is 1.00. The molecule has 2 rings (SSSR count). The van der Waals surface area contributed by atoms with E-state index in [4.69, 9.17) is 9.47 Å². The fourth-order valence-electron chi connectivity index (χ4n) is 0.631. The van der Waals surface area contributed by atoms with Gasteiger partial charge in [0.05, 0.1) is 24.9 Å². The van der Waals surface area contributed by atoms with Gasteiger partial charge >= 0.3 is 0 Å². The number of hydrogen-bond donors (Lipinski definition) is 0. The molecule has 2 heteroatoms. The largest absolute Gasteiger partial charge is 0.373 e. The monoisotopic (exact) mass is 174 g/mol. The van der Waals surface area contributed by atoms with Crippen LogP contribution in [0.25, 0.3) is 0 Å². The summed E-state index contributed by atoms with van der Waals surface area (Å²) in [5.74, 6) is 0. The van der Waals surface area contributed by atoms with Gasteiger partial charge in [-0.25, -0.2) is 0 Å². The van der Waals surface area contributed by atoms with Crippen LogP contribution in [0.1, 0.15) is 41.0 Å². The maximum Gasteiger partial charge on any atom is 0.0886 e. The zero-order valence-corrected chi connectivity index (χ0v) is 7.72. The molecule has 2 fully saturated rings. The van der Waals surface area contributed by atoms with E-state index in [9.17, 15) is 0 Å². The summed E-state index contributed by atoms with van der Waals surface area (Å²) in [6.45, 7) is 8.40. The second-order valence-corrected chi connectivity index (χ2v) is 3.46. The van der Waals surface area contributed by atoms with Gasteiger partial charge in [0.15, 0.2) is 0 Å². The van der Waals surface area contributed by atoms with Gasteiger partial charge in [0, 0.05) is 0 Å². The molecule has 2 atom stereocenters. The minimum atomic E-state index is 0. The Morgan fingerprint density at radius 2 is 1.92 bits per heavy atom. The maximum atomic E-state index is 5.05. The van der Waals surface area contributed by atoms with E-state index >= 15 is 0 Å². The first-order valence-corrected chi connectivity index (χ1v) is 4.45. The molecular formula is C10H22O2. The molecule has 2 heterocycles. The highest BCUT2D eigenvalue weighted by Gasteiger charge is 2.36. The minimum absolute atomic E-state index is 0. The van der Waals surface area contributed by atoms with E-state index in [1.165, 1.54) is 6.42 Å². The van der Waals surface area contributed by atoms with Gasteiger partial charge in [-0.2, -0.15) is 0 Å². The van der Waals surface area contributed by atoms with E-state index in [1.807, 2.05) is 0 Å². The van der Waals surface area contributed by atoms with E-state index in [0.29, 0.717) is 11.7 Å². The van der Waals surface area contributed by atoms with Gasteiger partial charge in [0.2, 0.25) is 0 Å². The van der Waals surface area contributed by atoms with Crippen LogP contribution in [-0.2, 0) is 9.47 Å². The van der Waals surface area contributed by atoms with Crippen LogP contribution in [0.4, 0.5) is 0 Å². The lowest BCUT2D eigenvalue weighted by atomic mass is 10.1. The van der Waals surface area contributed by atoms with Crippen molar-refractivity contribution in [2.45, 2.75) is 52.7 Å². The van der Waals surface area contributed by atoms with E-state index in [2.05, 4.69) is 20.8 Å². The van der Waals surface area contributed by atoms with Crippen LogP contribution in [0.3, 0.4) is 0 Å². The Morgan fingerprint density at radius 3 is 1.92 bits per heavy atom. The molecule has 0 aromatic rings. The number of epoxide rings is 2. The summed E-state index contributed by atoms with van der Waals surface area (Å²) in [7, 11) is 0. The van der Waals surface area contributed by atoms with Crippen molar-refractivity contribution in [1.29, 1.82) is 0 Å². The van der Waals surface area contributed by atoms with Crippen LogP contribution in [0, 0.1) is 0 Å². The van der Waals surface area contributed by atoms with Crippen molar-refractivity contribution in [3.8, 4) is 0 Å². The van der Waals surface area contributed by atoms with E-state index in [0.717, 1.165) is 19.6 Å². The van der Waals surface area contributed by atoms with Gasteiger partial charge in [0.1, 0.15) is 0 Å². The van der Waals surface area contributed by atoms with Crippen LogP contribution in [0.2, 0.25) is 0 Å². The third-order valence-corrected chi connectivity index (χ3v) is 2.24. The summed E-state index contributed by atoms with van der Waals surface area (Å²) in [4.78, 5) is 0. The zero-order chi connectivity index (χ0) is 8.32. The van der Waals surface area contributed by atoms with Crippen molar-refractivity contribution in [1.82, 2.24) is 0 Å². The highest BCUT2D eigenvalue weighted by molar-refractivity contribution is 4.84. The van der Waals surface area contributed by atoms with Gasteiger partial charge in [-0.3, -0.25) is 0 Å². The summed E-state index contributed by atoms with van der Waals surface area (Å²) in [5, 5.41) is 0. The lowest BCUT2D eigenvalue weighted by Crippen LogP contribution is -1.98. The third-order valence-electron chi connectivity index (χ3n) is 2.24. The van der Waals surface area contributed by atoms with Crippen LogP contribution in [0.15, 0.2) is 0 Å². The molecule has 2 aliphatic rings. The summed E-state index contributed by atoms with van der Waals surface area (Å²) in [6.07, 6.45) is 2.99. The Balaban J connectivity index is 0.000000189. The Hall–Kier alpha value is -0.0800. The fourth-order valence-corrected chi connectivity index (χ4v) is 0.631. The SMILES string of the molecule is C.CCC1(C)CO1.CCC1CO1. The molecule has 0 bridgehead atoms. The number of rotatable bonds is 2. The van der Waals surface area contributed by atoms with Crippen LogP contribution in [-0.4, -0.2) is 24.9 Å². The average molecular weight is 174 g/mol. The molecular weight excluding hydrogens is 152 g/mol. The lowest BCUT2D eigenvalue weighted by molar-refractivity contribution is 0.317. The third kappa shape index (κ3) is 4.73. The van der Waals surface area contributed by atoms with Crippen LogP contribution in [0.5, 0.6) is 0 Å². The summed E-state index contributed by atoms with van der Waals surface area (Å²) < 4.78 is 9.90. The van der Waals surface area contributed by atoms with E-state index < -0.39 is 0 Å². The molecule has 0 radical (unpaired) electrons. The van der Waals surface area contributed by atoms with Crippen molar-refractivity contribution < 1.29 is 9.47 Å². The molecule has 2 aliphatic heterocycles. The highest BCUT2D eigenvalue weighted by Crippen LogP contribution is 2.28. The standard InChI is InChI=1S/C5H10O.C4H8O.CH4/c1-3-5(2)4-6-5;1-2-4-3-5-4;/h3-4H2,1-2H3;4H,2-3H2,1H3;1H4. The smallest absolute Gasteiger partial charge is 0.0886 e. The molecule has 0 N–H and O–H groups in total. The molecule has 2 nitrogen and oxygen atoms in total. The maximum absolute atomic E-state index is 5.05. The topological polar surface area (TPSA) is 25.1 Å². The Labute approximate surface area is 76.3 Å². The summed E-state index contributed by atoms with van der Waals surface area (Å²) in [6, 6.07) is 0. The number of ether oxygens (including phenoxy) is 2. The quantitative estimate of drug-likeness (QED) is 0.601. The first kappa shape index (κ1) is 11.9. The van der Waals surface area contributed by atoms with Crippen molar-refractivity contribution in [2.75, 3.05) is 13.2 Å². The molecule has 2 saturated heterocycles. The molecule has 0 spiro atoms. The summed E-state index contributed by atoms with van der Waals surface area (Å²) in [5.41, 5.74) is 0.292. The van der Waals surface area contributed by atoms with Crippen LogP contribution < -0.4 is 0 Å². The Morgan fingerprint density at radius 1 is 1.42 bits per heavy atom. The lowest BCUT2D eigenvalue weighted by Gasteiger charge is -1.92. The second-order valence-electron chi connectivity index (χ2n) is 3.46. The predicted molar refractivity (Wildman–Crippen MR) is 51.4 cm³/mol. The minimum Gasteiger partial charge on any atom is -0.373 e. The van der Waals surface area contributed by atoms with E-state index in [-0.39, 0.29) is 7.43 Å². The molecule has 12 heavy (non-hydrogen) atoms. The molecule has 74 valence electrons. The van der Waals surface area contributed by atoms with Crippen molar-refractivity contribution in [3.05, 3.63) is 0 Å². The van der Waals surface area contributed by atoms with Gasteiger partial charge < -0.3 is 9.47 Å². The number of hydrogen-bond acceptors (Lipinski definition) is 2. The van der Waals surface area contributed by atoms with Gasteiger partial charge in [-0.15, -0.1) is 0 Å². The van der Waals surface area contributed by atoms with Gasteiger partial charge in [-0.05, 0) is 19.8 Å². The molecule has 0 aromatic carbocycles. The Bertz CT molecular complexity index is 115. The van der Waals surface area contributed by atoms with E-state index in [1.54, 1.807) is 0 Å². The first-order valence-electron chi connectivity index (χ1n) is 4.45. The molecule has 0 aromatic heterocycles. The molecule has 0 amide bonds. The normalized spacial score (nSPS) is 35.8. The highest BCUT2D eigenvalue weighted by atomic mass is 16.6. The predicted octanol–water partition coefficient (Wildman–Crippen LogP) is 2.62. The van der Waals surface area contributed by atoms with Crippen LogP contribution >= 0.6 is 0 Å². The van der Waals surface area contributed by atoms with Crippen molar-refractivity contribution in [2.24, 2.45) is 0 Å².